The lowest BCUT2D eigenvalue weighted by atomic mass is 9.80. The highest BCUT2D eigenvalue weighted by Gasteiger charge is 2.23. The van der Waals surface area contributed by atoms with Crippen LogP contribution < -0.4 is 5.32 Å². The second kappa shape index (κ2) is 7.44. The first-order valence-corrected chi connectivity index (χ1v) is 7.29. The van der Waals surface area contributed by atoms with Gasteiger partial charge in [0.2, 0.25) is 5.91 Å². The molecule has 3 nitrogen and oxygen atoms in total. The van der Waals surface area contributed by atoms with Crippen LogP contribution in [0.3, 0.4) is 0 Å². The number of nitrogens with one attached hydrogen (secondary N) is 1. The molecule has 0 radical (unpaired) electrons. The molecular weight excluding hydrogens is 250 g/mol. The topological polar surface area (TPSA) is 49.3 Å². The zero-order valence-corrected chi connectivity index (χ0v) is 13.0. The number of carbonyl (C=O) groups is 1. The third kappa shape index (κ3) is 5.33. The lowest BCUT2D eigenvalue weighted by molar-refractivity contribution is -0.123. The molecule has 1 rings (SSSR count). The Hall–Kier alpha value is -1.35. The van der Waals surface area contributed by atoms with Gasteiger partial charge >= 0.3 is 0 Å². The van der Waals surface area contributed by atoms with Crippen molar-refractivity contribution in [2.45, 2.75) is 46.6 Å². The fourth-order valence-corrected chi connectivity index (χ4v) is 1.97. The molecule has 0 saturated heterocycles. The molecule has 0 saturated carbocycles. The fraction of sp³-hybridized carbons (Fsp3) is 0.588. The van der Waals surface area contributed by atoms with E-state index in [0.717, 1.165) is 5.56 Å². The molecule has 0 spiro atoms. The van der Waals surface area contributed by atoms with Gasteiger partial charge in [-0.05, 0) is 23.3 Å². The predicted octanol–water partition coefficient (Wildman–Crippen LogP) is 3.30. The van der Waals surface area contributed by atoms with Crippen LogP contribution in [0.4, 0.5) is 0 Å². The molecule has 1 aromatic carbocycles. The van der Waals surface area contributed by atoms with E-state index in [0.29, 0.717) is 18.8 Å². The number of aliphatic hydroxyl groups excluding tert-OH is 1. The molecule has 0 aromatic heterocycles. The maximum atomic E-state index is 12.2. The molecule has 20 heavy (non-hydrogen) atoms. The van der Waals surface area contributed by atoms with Gasteiger partial charge in [-0.3, -0.25) is 4.79 Å². The molecule has 112 valence electrons. The van der Waals surface area contributed by atoms with Crippen molar-refractivity contribution in [2.75, 3.05) is 6.61 Å². The summed E-state index contributed by atoms with van der Waals surface area (Å²) in [5, 5.41) is 12.2. The van der Waals surface area contributed by atoms with Gasteiger partial charge in [-0.15, -0.1) is 0 Å². The number of carbonyl (C=O) groups excluding carboxylic acids is 1. The van der Waals surface area contributed by atoms with Crippen LogP contribution in [0.1, 0.15) is 52.1 Å². The van der Waals surface area contributed by atoms with Gasteiger partial charge in [-0.2, -0.15) is 0 Å². The summed E-state index contributed by atoms with van der Waals surface area (Å²) in [4.78, 5) is 12.2. The van der Waals surface area contributed by atoms with Crippen molar-refractivity contribution in [3.8, 4) is 0 Å². The lowest BCUT2D eigenvalue weighted by Gasteiger charge is -2.27. The first-order valence-electron chi connectivity index (χ1n) is 7.29. The Kier molecular flexibility index (Phi) is 6.21. The van der Waals surface area contributed by atoms with Crippen LogP contribution in [0.25, 0.3) is 0 Å². The van der Waals surface area contributed by atoms with Crippen molar-refractivity contribution in [1.29, 1.82) is 0 Å². The molecule has 0 aliphatic carbocycles. The van der Waals surface area contributed by atoms with Crippen LogP contribution >= 0.6 is 0 Å². The van der Waals surface area contributed by atoms with Gasteiger partial charge in [-0.1, -0.05) is 58.0 Å². The summed E-state index contributed by atoms with van der Waals surface area (Å²) >= 11 is 0. The molecule has 0 aliphatic heterocycles. The highest BCUT2D eigenvalue weighted by atomic mass is 16.3. The van der Waals surface area contributed by atoms with Gasteiger partial charge in [0.05, 0.1) is 6.04 Å². The van der Waals surface area contributed by atoms with Crippen molar-refractivity contribution in [1.82, 2.24) is 5.32 Å². The normalized spacial score (nSPS) is 14.7. The molecule has 0 bridgehead atoms. The smallest absolute Gasteiger partial charge is 0.220 e. The minimum absolute atomic E-state index is 0.0507. The molecule has 3 heteroatoms. The van der Waals surface area contributed by atoms with E-state index in [4.69, 9.17) is 0 Å². The maximum Gasteiger partial charge on any atom is 0.220 e. The van der Waals surface area contributed by atoms with Crippen LogP contribution in [0.15, 0.2) is 30.3 Å². The molecule has 1 amide bonds. The molecule has 2 N–H and O–H groups in total. The highest BCUT2D eigenvalue weighted by molar-refractivity contribution is 5.76. The fourth-order valence-electron chi connectivity index (χ4n) is 1.97. The average molecular weight is 277 g/mol. The van der Waals surface area contributed by atoms with Crippen LogP contribution in [0, 0.1) is 11.3 Å². The Morgan fingerprint density at radius 3 is 2.35 bits per heavy atom. The van der Waals surface area contributed by atoms with Crippen molar-refractivity contribution in [3.63, 3.8) is 0 Å². The van der Waals surface area contributed by atoms with Crippen LogP contribution in [-0.2, 0) is 4.79 Å². The van der Waals surface area contributed by atoms with Crippen molar-refractivity contribution in [2.24, 2.45) is 11.3 Å². The van der Waals surface area contributed by atoms with E-state index < -0.39 is 0 Å². The van der Waals surface area contributed by atoms with E-state index in [-0.39, 0.29) is 24.0 Å². The third-order valence-corrected chi connectivity index (χ3v) is 3.92. The monoisotopic (exact) mass is 277 g/mol. The van der Waals surface area contributed by atoms with Crippen LogP contribution in [-0.4, -0.2) is 17.6 Å². The lowest BCUT2D eigenvalue weighted by Crippen LogP contribution is -2.32. The number of hydrogen-bond acceptors (Lipinski definition) is 2. The van der Waals surface area contributed by atoms with Crippen molar-refractivity contribution < 1.29 is 9.90 Å². The van der Waals surface area contributed by atoms with Crippen LogP contribution in [0.5, 0.6) is 0 Å². The Bertz CT molecular complexity index is 409. The Morgan fingerprint density at radius 2 is 1.85 bits per heavy atom. The van der Waals surface area contributed by atoms with Crippen molar-refractivity contribution >= 4 is 5.91 Å². The van der Waals surface area contributed by atoms with Gasteiger partial charge in [0.25, 0.3) is 0 Å². The Balaban J connectivity index is 2.65. The first-order chi connectivity index (χ1) is 9.34. The second-order valence-corrected chi connectivity index (χ2v) is 6.51. The zero-order chi connectivity index (χ0) is 15.2. The number of hydrogen-bond donors (Lipinski definition) is 2. The third-order valence-electron chi connectivity index (χ3n) is 3.92. The van der Waals surface area contributed by atoms with Gasteiger partial charge < -0.3 is 10.4 Å². The van der Waals surface area contributed by atoms with E-state index in [1.165, 1.54) is 0 Å². The number of benzene rings is 1. The number of aliphatic hydroxyl groups is 1. The largest absolute Gasteiger partial charge is 0.396 e. The van der Waals surface area contributed by atoms with Gasteiger partial charge in [0.15, 0.2) is 0 Å². The quantitative estimate of drug-likeness (QED) is 0.838. The summed E-state index contributed by atoms with van der Waals surface area (Å²) in [6.07, 6.45) is 1.05. The average Bonchev–Trinajstić information content (AvgIpc) is 2.38. The van der Waals surface area contributed by atoms with Gasteiger partial charge in [0, 0.05) is 13.0 Å². The first kappa shape index (κ1) is 16.7. The Morgan fingerprint density at radius 1 is 1.25 bits per heavy atom. The number of rotatable bonds is 6. The zero-order valence-electron chi connectivity index (χ0n) is 13.0. The summed E-state index contributed by atoms with van der Waals surface area (Å²) in [5.74, 6) is 0.364. The molecule has 0 heterocycles. The summed E-state index contributed by atoms with van der Waals surface area (Å²) in [6, 6.07) is 9.69. The summed E-state index contributed by atoms with van der Waals surface area (Å²) < 4.78 is 0. The molecule has 1 aromatic rings. The highest BCUT2D eigenvalue weighted by Crippen LogP contribution is 2.28. The minimum Gasteiger partial charge on any atom is -0.396 e. The second-order valence-electron chi connectivity index (χ2n) is 6.51. The van der Waals surface area contributed by atoms with Gasteiger partial charge in [0.1, 0.15) is 0 Å². The molecule has 2 unspecified atom stereocenters. The van der Waals surface area contributed by atoms with E-state index >= 15 is 0 Å². The standard InChI is InChI=1S/C17H27NO2/c1-13(17(2,3)4)12-16(20)18-15(10-11-19)14-8-6-5-7-9-14/h5-9,13,15,19H,10-12H2,1-4H3,(H,18,20). The van der Waals surface area contributed by atoms with Crippen molar-refractivity contribution in [3.05, 3.63) is 35.9 Å². The molecule has 0 aliphatic rings. The Labute approximate surface area is 122 Å². The molecular formula is C17H27NO2. The molecule has 2 atom stereocenters. The van der Waals surface area contributed by atoms with E-state index in [1.54, 1.807) is 0 Å². The van der Waals surface area contributed by atoms with E-state index in [1.807, 2.05) is 30.3 Å². The summed E-state index contributed by atoms with van der Waals surface area (Å²) in [6.45, 7) is 8.60. The summed E-state index contributed by atoms with van der Waals surface area (Å²) in [5.41, 5.74) is 1.16. The minimum atomic E-state index is -0.110. The summed E-state index contributed by atoms with van der Waals surface area (Å²) in [7, 11) is 0. The predicted molar refractivity (Wildman–Crippen MR) is 82.3 cm³/mol. The van der Waals surface area contributed by atoms with E-state index in [2.05, 4.69) is 33.0 Å². The van der Waals surface area contributed by atoms with E-state index in [9.17, 15) is 9.90 Å². The molecule has 0 fully saturated rings. The SMILES string of the molecule is CC(CC(=O)NC(CCO)c1ccccc1)C(C)(C)C. The van der Waals surface area contributed by atoms with Crippen LogP contribution in [0.2, 0.25) is 0 Å². The maximum absolute atomic E-state index is 12.2. The van der Waals surface area contributed by atoms with Gasteiger partial charge in [-0.25, -0.2) is 0 Å². The number of amides is 1.